The number of pyridine rings is 1. The molecule has 4 heteroatoms. The molecule has 0 saturated heterocycles. The van der Waals surface area contributed by atoms with E-state index in [1.165, 1.54) is 12.3 Å². The zero-order chi connectivity index (χ0) is 12.2. The number of aromatic nitrogens is 1. The van der Waals surface area contributed by atoms with E-state index >= 15 is 0 Å². The summed E-state index contributed by atoms with van der Waals surface area (Å²) in [6, 6.07) is 3.03. The van der Waals surface area contributed by atoms with Gasteiger partial charge < -0.3 is 10.4 Å². The SMILES string of the molecule is CCC(C)(C)CNc1cc(C(=O)O)ccn1. The second kappa shape index (κ2) is 4.96. The molecule has 16 heavy (non-hydrogen) atoms. The molecule has 2 N–H and O–H groups in total. The van der Waals surface area contributed by atoms with Crippen LogP contribution < -0.4 is 5.32 Å². The lowest BCUT2D eigenvalue weighted by molar-refractivity contribution is 0.0697. The van der Waals surface area contributed by atoms with E-state index in [-0.39, 0.29) is 11.0 Å². The van der Waals surface area contributed by atoms with Crippen LogP contribution in [0.1, 0.15) is 37.6 Å². The number of nitrogens with one attached hydrogen (secondary N) is 1. The van der Waals surface area contributed by atoms with Gasteiger partial charge in [-0.25, -0.2) is 9.78 Å². The molecule has 0 spiro atoms. The number of carboxylic acid groups (broad SMARTS) is 1. The van der Waals surface area contributed by atoms with Crippen molar-refractivity contribution in [1.29, 1.82) is 0 Å². The number of carboxylic acids is 1. The van der Waals surface area contributed by atoms with Gasteiger partial charge in [0.2, 0.25) is 0 Å². The monoisotopic (exact) mass is 222 g/mol. The highest BCUT2D eigenvalue weighted by atomic mass is 16.4. The van der Waals surface area contributed by atoms with Crippen molar-refractivity contribution >= 4 is 11.8 Å². The van der Waals surface area contributed by atoms with Crippen molar-refractivity contribution in [1.82, 2.24) is 4.98 Å². The van der Waals surface area contributed by atoms with Crippen molar-refractivity contribution < 1.29 is 9.90 Å². The normalized spacial score (nSPS) is 11.2. The summed E-state index contributed by atoms with van der Waals surface area (Å²) in [5.41, 5.74) is 0.438. The third kappa shape index (κ3) is 3.53. The second-order valence-electron chi connectivity index (χ2n) is 4.61. The smallest absolute Gasteiger partial charge is 0.335 e. The average molecular weight is 222 g/mol. The minimum atomic E-state index is -0.930. The Hall–Kier alpha value is -1.58. The molecule has 0 radical (unpaired) electrons. The summed E-state index contributed by atoms with van der Waals surface area (Å²) in [7, 11) is 0. The fraction of sp³-hybridized carbons (Fsp3) is 0.500. The lowest BCUT2D eigenvalue weighted by Crippen LogP contribution is -2.22. The number of hydrogen-bond acceptors (Lipinski definition) is 3. The highest BCUT2D eigenvalue weighted by molar-refractivity contribution is 5.88. The Morgan fingerprint density at radius 1 is 1.56 bits per heavy atom. The summed E-state index contributed by atoms with van der Waals surface area (Å²) >= 11 is 0. The third-order valence-corrected chi connectivity index (χ3v) is 2.71. The Balaban J connectivity index is 2.68. The van der Waals surface area contributed by atoms with Crippen LogP contribution >= 0.6 is 0 Å². The number of carbonyl (C=O) groups is 1. The lowest BCUT2D eigenvalue weighted by Gasteiger charge is -2.23. The molecular weight excluding hydrogens is 204 g/mol. The van der Waals surface area contributed by atoms with E-state index in [2.05, 4.69) is 31.1 Å². The van der Waals surface area contributed by atoms with Gasteiger partial charge in [-0.3, -0.25) is 0 Å². The van der Waals surface area contributed by atoms with Gasteiger partial charge in [0, 0.05) is 12.7 Å². The number of aromatic carboxylic acids is 1. The molecular formula is C12H18N2O2. The molecule has 4 nitrogen and oxygen atoms in total. The van der Waals surface area contributed by atoms with Crippen LogP contribution in [-0.4, -0.2) is 22.6 Å². The summed E-state index contributed by atoms with van der Waals surface area (Å²) in [5.74, 6) is -0.318. The molecule has 0 saturated carbocycles. The topological polar surface area (TPSA) is 62.2 Å². The van der Waals surface area contributed by atoms with Gasteiger partial charge in [0.25, 0.3) is 0 Å². The maximum absolute atomic E-state index is 10.8. The van der Waals surface area contributed by atoms with Gasteiger partial charge in [0.15, 0.2) is 0 Å². The molecule has 0 aliphatic carbocycles. The predicted octanol–water partition coefficient (Wildman–Crippen LogP) is 2.63. The summed E-state index contributed by atoms with van der Waals surface area (Å²) in [4.78, 5) is 14.8. The van der Waals surface area contributed by atoms with Gasteiger partial charge in [-0.15, -0.1) is 0 Å². The molecule has 1 aromatic rings. The summed E-state index contributed by atoms with van der Waals surface area (Å²) in [5, 5.41) is 12.0. The Bertz CT molecular complexity index is 375. The van der Waals surface area contributed by atoms with Crippen LogP contribution in [0.4, 0.5) is 5.82 Å². The number of hydrogen-bond donors (Lipinski definition) is 2. The zero-order valence-electron chi connectivity index (χ0n) is 9.95. The lowest BCUT2D eigenvalue weighted by atomic mass is 9.90. The van der Waals surface area contributed by atoms with E-state index in [1.807, 2.05) is 0 Å². The molecule has 0 bridgehead atoms. The quantitative estimate of drug-likeness (QED) is 0.804. The van der Waals surface area contributed by atoms with Crippen molar-refractivity contribution in [3.05, 3.63) is 23.9 Å². The van der Waals surface area contributed by atoms with Gasteiger partial charge in [0.1, 0.15) is 5.82 Å². The number of nitrogens with zero attached hydrogens (tertiary/aromatic N) is 1. The molecule has 1 heterocycles. The Kier molecular flexibility index (Phi) is 3.88. The van der Waals surface area contributed by atoms with Crippen LogP contribution in [0.25, 0.3) is 0 Å². The standard InChI is InChI=1S/C12H18N2O2/c1-4-12(2,3)8-14-10-7-9(11(15)16)5-6-13-10/h5-7H,4,8H2,1-3H3,(H,13,14)(H,15,16). The Morgan fingerprint density at radius 2 is 2.25 bits per heavy atom. The summed E-state index contributed by atoms with van der Waals surface area (Å²) in [6.07, 6.45) is 2.56. The molecule has 0 unspecified atom stereocenters. The van der Waals surface area contributed by atoms with Gasteiger partial charge in [-0.05, 0) is 24.0 Å². The number of anilines is 1. The van der Waals surface area contributed by atoms with Crippen LogP contribution in [0.15, 0.2) is 18.3 Å². The maximum atomic E-state index is 10.8. The average Bonchev–Trinajstić information content (AvgIpc) is 2.27. The molecule has 0 aliphatic rings. The van der Waals surface area contributed by atoms with Gasteiger partial charge in [0.05, 0.1) is 5.56 Å². The number of rotatable bonds is 5. The first-order chi connectivity index (χ1) is 7.44. The molecule has 1 rings (SSSR count). The summed E-state index contributed by atoms with van der Waals surface area (Å²) in [6.45, 7) is 7.21. The first kappa shape index (κ1) is 12.5. The van der Waals surface area contributed by atoms with Crippen molar-refractivity contribution in [2.24, 2.45) is 5.41 Å². The predicted molar refractivity (Wildman–Crippen MR) is 63.8 cm³/mol. The van der Waals surface area contributed by atoms with E-state index in [1.54, 1.807) is 6.07 Å². The van der Waals surface area contributed by atoms with Crippen molar-refractivity contribution in [2.75, 3.05) is 11.9 Å². The van der Waals surface area contributed by atoms with E-state index in [9.17, 15) is 4.79 Å². The minimum absolute atomic E-state index is 0.181. The molecule has 88 valence electrons. The van der Waals surface area contributed by atoms with E-state index < -0.39 is 5.97 Å². The molecule has 0 aliphatic heterocycles. The second-order valence-corrected chi connectivity index (χ2v) is 4.61. The first-order valence-corrected chi connectivity index (χ1v) is 5.38. The highest BCUT2D eigenvalue weighted by Gasteiger charge is 2.14. The van der Waals surface area contributed by atoms with Crippen LogP contribution in [0, 0.1) is 5.41 Å². The fourth-order valence-corrected chi connectivity index (χ4v) is 1.12. The highest BCUT2D eigenvalue weighted by Crippen LogP contribution is 2.20. The zero-order valence-corrected chi connectivity index (χ0v) is 9.95. The van der Waals surface area contributed by atoms with E-state index in [0.717, 1.165) is 13.0 Å². The van der Waals surface area contributed by atoms with Crippen LogP contribution in [0.2, 0.25) is 0 Å². The van der Waals surface area contributed by atoms with Crippen molar-refractivity contribution in [3.63, 3.8) is 0 Å². The first-order valence-electron chi connectivity index (χ1n) is 5.38. The van der Waals surface area contributed by atoms with Crippen LogP contribution in [0.3, 0.4) is 0 Å². The van der Waals surface area contributed by atoms with Gasteiger partial charge in [-0.2, -0.15) is 0 Å². The van der Waals surface area contributed by atoms with Gasteiger partial charge in [-0.1, -0.05) is 20.8 Å². The summed E-state index contributed by atoms with van der Waals surface area (Å²) < 4.78 is 0. The Labute approximate surface area is 95.7 Å². The van der Waals surface area contributed by atoms with Crippen LogP contribution in [-0.2, 0) is 0 Å². The largest absolute Gasteiger partial charge is 0.478 e. The molecule has 1 aromatic heterocycles. The Morgan fingerprint density at radius 3 is 2.81 bits per heavy atom. The van der Waals surface area contributed by atoms with Crippen LogP contribution in [0.5, 0.6) is 0 Å². The van der Waals surface area contributed by atoms with Crippen molar-refractivity contribution in [3.8, 4) is 0 Å². The van der Waals surface area contributed by atoms with E-state index in [4.69, 9.17) is 5.11 Å². The maximum Gasteiger partial charge on any atom is 0.335 e. The van der Waals surface area contributed by atoms with E-state index in [0.29, 0.717) is 5.82 Å². The van der Waals surface area contributed by atoms with Gasteiger partial charge >= 0.3 is 5.97 Å². The molecule has 0 aromatic carbocycles. The van der Waals surface area contributed by atoms with Crippen molar-refractivity contribution in [2.45, 2.75) is 27.2 Å². The molecule has 0 amide bonds. The molecule has 0 fully saturated rings. The minimum Gasteiger partial charge on any atom is -0.478 e. The fourth-order valence-electron chi connectivity index (χ4n) is 1.12. The molecule has 0 atom stereocenters. The third-order valence-electron chi connectivity index (χ3n) is 2.71.